The first-order valence-corrected chi connectivity index (χ1v) is 11.7. The van der Waals surface area contributed by atoms with E-state index in [4.69, 9.17) is 0 Å². The Morgan fingerprint density at radius 3 is 2.85 bits per heavy atom. The summed E-state index contributed by atoms with van der Waals surface area (Å²) in [5, 5.41) is 3.70. The van der Waals surface area contributed by atoms with E-state index >= 15 is 0 Å². The van der Waals surface area contributed by atoms with Gasteiger partial charge in [0.05, 0.1) is 5.69 Å². The van der Waals surface area contributed by atoms with Gasteiger partial charge in [-0.15, -0.1) is 34.9 Å². The highest BCUT2D eigenvalue weighted by Gasteiger charge is 2.21. The van der Waals surface area contributed by atoms with E-state index < -0.39 is 0 Å². The molecule has 3 aromatic rings. The van der Waals surface area contributed by atoms with Gasteiger partial charge in [0.25, 0.3) is 0 Å². The van der Waals surface area contributed by atoms with Crippen molar-refractivity contribution >= 4 is 45.9 Å². The monoisotopic (exact) mass is 412 g/mol. The van der Waals surface area contributed by atoms with Crippen LogP contribution in [0, 0.1) is 6.92 Å². The molecule has 0 fully saturated rings. The first-order valence-electron chi connectivity index (χ1n) is 8.90. The molecular formula is C21H20N2OS3. The predicted octanol–water partition coefficient (Wildman–Crippen LogP) is 6.24. The summed E-state index contributed by atoms with van der Waals surface area (Å²) in [6.45, 7) is 2.09. The van der Waals surface area contributed by atoms with E-state index in [1.807, 2.05) is 17.8 Å². The molecule has 0 saturated heterocycles. The van der Waals surface area contributed by atoms with Crippen LogP contribution in [0.3, 0.4) is 0 Å². The summed E-state index contributed by atoms with van der Waals surface area (Å²) in [6, 6.07) is 16.8. The van der Waals surface area contributed by atoms with Crippen LogP contribution in [-0.4, -0.2) is 16.6 Å². The summed E-state index contributed by atoms with van der Waals surface area (Å²) >= 11 is 5.23. The topological polar surface area (TPSA) is 42.0 Å². The van der Waals surface area contributed by atoms with Gasteiger partial charge in [0, 0.05) is 32.4 Å². The molecule has 2 heterocycles. The van der Waals surface area contributed by atoms with Crippen LogP contribution in [0.1, 0.15) is 23.3 Å². The highest BCUT2D eigenvalue weighted by atomic mass is 32.2. The van der Waals surface area contributed by atoms with E-state index in [1.165, 1.54) is 25.8 Å². The normalized spacial score (nSPS) is 12.3. The highest BCUT2D eigenvalue weighted by molar-refractivity contribution is 7.99. The fourth-order valence-corrected chi connectivity index (χ4v) is 5.86. The maximum atomic E-state index is 12.3. The molecule has 0 aliphatic carbocycles. The molecule has 1 aliphatic rings. The zero-order valence-corrected chi connectivity index (χ0v) is 17.5. The van der Waals surface area contributed by atoms with Crippen LogP contribution in [0.2, 0.25) is 0 Å². The van der Waals surface area contributed by atoms with Crippen LogP contribution >= 0.6 is 34.9 Å². The van der Waals surface area contributed by atoms with Crippen molar-refractivity contribution < 1.29 is 4.79 Å². The number of aromatic nitrogens is 1. The van der Waals surface area contributed by atoms with Crippen LogP contribution in [0.25, 0.3) is 11.3 Å². The number of thioether (sulfide) groups is 2. The molecule has 0 atom stereocenters. The summed E-state index contributed by atoms with van der Waals surface area (Å²) in [7, 11) is 0. The molecule has 138 valence electrons. The smallest absolute Gasteiger partial charge is 0.226 e. The van der Waals surface area contributed by atoms with Crippen molar-refractivity contribution in [1.82, 2.24) is 4.98 Å². The van der Waals surface area contributed by atoms with Gasteiger partial charge in [-0.05, 0) is 37.3 Å². The number of rotatable bonds is 6. The first kappa shape index (κ1) is 18.6. The van der Waals surface area contributed by atoms with Crippen molar-refractivity contribution in [1.29, 1.82) is 0 Å². The number of fused-ring (bicyclic) bond motifs is 3. The van der Waals surface area contributed by atoms with Gasteiger partial charge >= 0.3 is 0 Å². The molecule has 3 nitrogen and oxygen atoms in total. The fourth-order valence-electron chi connectivity index (χ4n) is 2.88. The van der Waals surface area contributed by atoms with Gasteiger partial charge in [-0.25, -0.2) is 4.98 Å². The number of carbonyl (C=O) groups is 1. The van der Waals surface area contributed by atoms with E-state index in [0.717, 1.165) is 23.6 Å². The third-order valence-electron chi connectivity index (χ3n) is 4.28. The standard InChI is InChI=1S/C21H20N2OS3/c1-14-8-10-15(11-9-14)25-12-4-7-19(24)22-21-23-20-16-5-2-3-6-17(16)26-13-18(20)27-21/h2-3,5-6,8-11H,4,7,12-13H2,1H3,(H,22,23,24). The molecule has 6 heteroatoms. The molecule has 0 saturated carbocycles. The number of thiazole rings is 1. The van der Waals surface area contributed by atoms with Crippen molar-refractivity contribution in [3.8, 4) is 11.3 Å². The number of aryl methyl sites for hydroxylation is 1. The molecule has 1 N–H and O–H groups in total. The molecule has 2 aromatic carbocycles. The molecular weight excluding hydrogens is 392 g/mol. The Morgan fingerprint density at radius 2 is 2.00 bits per heavy atom. The van der Waals surface area contributed by atoms with Crippen molar-refractivity contribution in [2.45, 2.75) is 35.3 Å². The van der Waals surface area contributed by atoms with Crippen molar-refractivity contribution in [3.05, 3.63) is 59.0 Å². The minimum absolute atomic E-state index is 0.0477. The Bertz CT molecular complexity index is 950. The molecule has 0 spiro atoms. The average molecular weight is 413 g/mol. The van der Waals surface area contributed by atoms with Crippen LogP contribution in [-0.2, 0) is 10.5 Å². The van der Waals surface area contributed by atoms with E-state index in [2.05, 4.69) is 59.7 Å². The zero-order chi connectivity index (χ0) is 18.6. The third-order valence-corrected chi connectivity index (χ3v) is 7.63. The molecule has 1 aromatic heterocycles. The van der Waals surface area contributed by atoms with E-state index in [1.54, 1.807) is 23.1 Å². The Kier molecular flexibility index (Phi) is 5.86. The number of hydrogen-bond donors (Lipinski definition) is 1. The Morgan fingerprint density at radius 1 is 1.19 bits per heavy atom. The second-order valence-electron chi connectivity index (χ2n) is 6.39. The van der Waals surface area contributed by atoms with E-state index in [0.29, 0.717) is 11.6 Å². The molecule has 0 radical (unpaired) electrons. The third kappa shape index (κ3) is 4.57. The number of nitrogens with one attached hydrogen (secondary N) is 1. The lowest BCUT2D eigenvalue weighted by Crippen LogP contribution is -2.11. The summed E-state index contributed by atoms with van der Waals surface area (Å²) in [5.74, 6) is 1.91. The van der Waals surface area contributed by atoms with Gasteiger partial charge in [-0.1, -0.05) is 35.9 Å². The predicted molar refractivity (Wildman–Crippen MR) is 117 cm³/mol. The Balaban J connectivity index is 1.29. The first-order chi connectivity index (χ1) is 13.2. The van der Waals surface area contributed by atoms with Crippen molar-refractivity contribution in [3.63, 3.8) is 0 Å². The van der Waals surface area contributed by atoms with Crippen LogP contribution in [0.5, 0.6) is 0 Å². The van der Waals surface area contributed by atoms with Crippen molar-refractivity contribution in [2.75, 3.05) is 11.1 Å². The number of carbonyl (C=O) groups excluding carboxylic acids is 1. The average Bonchev–Trinajstić information content (AvgIpc) is 3.09. The quantitative estimate of drug-likeness (QED) is 0.385. The second kappa shape index (κ2) is 8.50. The molecule has 4 rings (SSSR count). The van der Waals surface area contributed by atoms with Gasteiger partial charge in [-0.2, -0.15) is 0 Å². The Labute approximate surface area is 172 Å². The molecule has 1 aliphatic heterocycles. The minimum atomic E-state index is 0.0477. The van der Waals surface area contributed by atoms with Gasteiger partial charge in [0.15, 0.2) is 5.13 Å². The summed E-state index contributed by atoms with van der Waals surface area (Å²) in [4.78, 5) is 20.7. The van der Waals surface area contributed by atoms with Gasteiger partial charge in [-0.3, -0.25) is 4.79 Å². The summed E-state index contributed by atoms with van der Waals surface area (Å²) in [6.07, 6.45) is 1.38. The lowest BCUT2D eigenvalue weighted by molar-refractivity contribution is -0.116. The number of amides is 1. The van der Waals surface area contributed by atoms with E-state index in [9.17, 15) is 4.79 Å². The number of anilines is 1. The summed E-state index contributed by atoms with van der Waals surface area (Å²) < 4.78 is 0. The van der Waals surface area contributed by atoms with Gasteiger partial charge in [0.2, 0.25) is 5.91 Å². The maximum Gasteiger partial charge on any atom is 0.226 e. The number of hydrogen-bond acceptors (Lipinski definition) is 5. The lowest BCUT2D eigenvalue weighted by Gasteiger charge is -2.13. The van der Waals surface area contributed by atoms with Crippen LogP contribution in [0.4, 0.5) is 5.13 Å². The summed E-state index contributed by atoms with van der Waals surface area (Å²) in [5.41, 5.74) is 3.47. The zero-order valence-electron chi connectivity index (χ0n) is 15.0. The molecule has 27 heavy (non-hydrogen) atoms. The lowest BCUT2D eigenvalue weighted by atomic mass is 10.1. The van der Waals surface area contributed by atoms with Crippen molar-refractivity contribution in [2.24, 2.45) is 0 Å². The van der Waals surface area contributed by atoms with Crippen LogP contribution < -0.4 is 5.32 Å². The highest BCUT2D eigenvalue weighted by Crippen LogP contribution is 2.44. The fraction of sp³-hybridized carbons (Fsp3) is 0.238. The molecule has 0 bridgehead atoms. The number of nitrogens with zero attached hydrogens (tertiary/aromatic N) is 1. The Hall–Kier alpha value is -1.76. The van der Waals surface area contributed by atoms with E-state index in [-0.39, 0.29) is 5.91 Å². The van der Waals surface area contributed by atoms with Gasteiger partial charge in [0.1, 0.15) is 0 Å². The second-order valence-corrected chi connectivity index (χ2v) is 9.66. The SMILES string of the molecule is Cc1ccc(SCCCC(=O)Nc2nc3c(s2)CSc2ccccc2-3)cc1. The molecule has 0 unspecified atom stereocenters. The largest absolute Gasteiger partial charge is 0.302 e. The number of benzene rings is 2. The van der Waals surface area contributed by atoms with Gasteiger partial charge < -0.3 is 5.32 Å². The minimum Gasteiger partial charge on any atom is -0.302 e. The molecule has 1 amide bonds. The maximum absolute atomic E-state index is 12.3. The van der Waals surface area contributed by atoms with Crippen LogP contribution in [0.15, 0.2) is 58.3 Å².